The van der Waals surface area contributed by atoms with E-state index in [1.165, 1.54) is 5.56 Å². The van der Waals surface area contributed by atoms with Crippen LogP contribution in [0.15, 0.2) is 28.8 Å². The van der Waals surface area contributed by atoms with Crippen LogP contribution in [0, 0.1) is 13.8 Å². The van der Waals surface area contributed by atoms with Crippen molar-refractivity contribution in [2.75, 3.05) is 26.7 Å². The third kappa shape index (κ3) is 3.18. The van der Waals surface area contributed by atoms with Crippen LogP contribution in [0.3, 0.4) is 0 Å². The summed E-state index contributed by atoms with van der Waals surface area (Å²) in [6.07, 6.45) is 1.48. The molecule has 1 aromatic carbocycles. The molecule has 1 aliphatic heterocycles. The number of hydrogen-bond acceptors (Lipinski definition) is 7. The lowest BCUT2D eigenvalue weighted by Gasteiger charge is -2.30. The molecule has 150 valence electrons. The van der Waals surface area contributed by atoms with Crippen molar-refractivity contribution >= 4 is 16.6 Å². The molecular formula is C21H25N7O. The molecule has 1 fully saturated rings. The topological polar surface area (TPSA) is 84.4 Å². The Hall–Kier alpha value is -2.84. The highest BCUT2D eigenvalue weighted by atomic mass is 16.5. The van der Waals surface area contributed by atoms with Gasteiger partial charge in [-0.25, -0.2) is 9.50 Å². The van der Waals surface area contributed by atoms with Crippen LogP contribution < -0.4 is 5.32 Å². The molecule has 5 rings (SSSR count). The minimum absolute atomic E-state index is 0.166. The van der Waals surface area contributed by atoms with Gasteiger partial charge in [0.25, 0.3) is 0 Å². The van der Waals surface area contributed by atoms with E-state index in [1.54, 1.807) is 0 Å². The molecule has 29 heavy (non-hydrogen) atoms. The lowest BCUT2D eigenvalue weighted by Crippen LogP contribution is -2.44. The predicted octanol–water partition coefficient (Wildman–Crippen LogP) is 2.24. The normalized spacial score (nSPS) is 18.1. The maximum absolute atomic E-state index is 5.54. The third-order valence-corrected chi connectivity index (χ3v) is 5.90. The lowest BCUT2D eigenvalue weighted by molar-refractivity contribution is 0.190. The van der Waals surface area contributed by atoms with Gasteiger partial charge in [0, 0.05) is 42.8 Å². The summed E-state index contributed by atoms with van der Waals surface area (Å²) < 4.78 is 7.50. The summed E-state index contributed by atoms with van der Waals surface area (Å²) in [4.78, 5) is 11.8. The Balaban J connectivity index is 1.40. The first-order chi connectivity index (χ1) is 14.1. The standard InChI is InChI=1S/C21H25N7O/c1-13-15(14(2)28-21(23-13)16-6-4-5-7-17(16)25-28)8-9-19-24-20(26-29-19)18-12-22-10-11-27(18)3/h4-7,18,22H,8-12H2,1-3H3. The van der Waals surface area contributed by atoms with Crippen LogP contribution in [0.4, 0.5) is 0 Å². The van der Waals surface area contributed by atoms with Crippen molar-refractivity contribution in [2.45, 2.75) is 32.7 Å². The van der Waals surface area contributed by atoms with Gasteiger partial charge in [0.15, 0.2) is 11.5 Å². The third-order valence-electron chi connectivity index (χ3n) is 5.90. The van der Waals surface area contributed by atoms with Gasteiger partial charge < -0.3 is 9.84 Å². The van der Waals surface area contributed by atoms with Crippen molar-refractivity contribution in [2.24, 2.45) is 0 Å². The van der Waals surface area contributed by atoms with Crippen LogP contribution in [0.1, 0.15) is 34.7 Å². The Bertz CT molecular complexity index is 1180. The molecule has 4 heterocycles. The summed E-state index contributed by atoms with van der Waals surface area (Å²) >= 11 is 0. The molecule has 1 aliphatic rings. The molecule has 0 saturated carbocycles. The van der Waals surface area contributed by atoms with Gasteiger partial charge in [-0.1, -0.05) is 17.3 Å². The van der Waals surface area contributed by atoms with Gasteiger partial charge in [0.05, 0.1) is 11.6 Å². The van der Waals surface area contributed by atoms with Gasteiger partial charge >= 0.3 is 0 Å². The van der Waals surface area contributed by atoms with Crippen LogP contribution in [0.25, 0.3) is 16.6 Å². The fourth-order valence-corrected chi connectivity index (χ4v) is 4.17. The maximum Gasteiger partial charge on any atom is 0.227 e. The molecule has 1 N–H and O–H groups in total. The average molecular weight is 391 g/mol. The molecule has 0 radical (unpaired) electrons. The van der Waals surface area contributed by atoms with Gasteiger partial charge in [0.2, 0.25) is 5.89 Å². The fourth-order valence-electron chi connectivity index (χ4n) is 4.17. The molecule has 0 spiro atoms. The molecule has 0 amide bonds. The average Bonchev–Trinajstić information content (AvgIpc) is 3.33. The van der Waals surface area contributed by atoms with Gasteiger partial charge in [0.1, 0.15) is 0 Å². The Labute approximate surface area is 168 Å². The number of nitrogens with one attached hydrogen (secondary N) is 1. The van der Waals surface area contributed by atoms with Gasteiger partial charge in [-0.15, -0.1) is 0 Å². The molecule has 1 unspecified atom stereocenters. The van der Waals surface area contributed by atoms with Crippen LogP contribution in [-0.2, 0) is 12.8 Å². The molecule has 1 atom stereocenters. The molecule has 4 aromatic rings. The number of benzene rings is 1. The van der Waals surface area contributed by atoms with Crippen molar-refractivity contribution in [1.82, 2.24) is 35.0 Å². The zero-order valence-corrected chi connectivity index (χ0v) is 17.0. The first-order valence-electron chi connectivity index (χ1n) is 10.1. The second-order valence-corrected chi connectivity index (χ2v) is 7.76. The molecule has 1 saturated heterocycles. The molecule has 0 bridgehead atoms. The van der Waals surface area contributed by atoms with E-state index in [-0.39, 0.29) is 6.04 Å². The Morgan fingerprint density at radius 2 is 2.03 bits per heavy atom. The second kappa shape index (κ2) is 7.20. The summed E-state index contributed by atoms with van der Waals surface area (Å²) in [7, 11) is 2.10. The van der Waals surface area contributed by atoms with Crippen LogP contribution in [-0.4, -0.2) is 56.3 Å². The minimum Gasteiger partial charge on any atom is -0.339 e. The highest BCUT2D eigenvalue weighted by Gasteiger charge is 2.25. The summed E-state index contributed by atoms with van der Waals surface area (Å²) in [6, 6.07) is 8.29. The largest absolute Gasteiger partial charge is 0.339 e. The number of piperazine rings is 1. The van der Waals surface area contributed by atoms with E-state index in [9.17, 15) is 0 Å². The monoisotopic (exact) mass is 391 g/mol. The zero-order valence-electron chi connectivity index (χ0n) is 17.0. The lowest BCUT2D eigenvalue weighted by atomic mass is 10.1. The molecule has 3 aromatic heterocycles. The number of aryl methyl sites for hydroxylation is 3. The summed E-state index contributed by atoms with van der Waals surface area (Å²) in [6.45, 7) is 6.99. The number of rotatable bonds is 4. The minimum atomic E-state index is 0.166. The van der Waals surface area contributed by atoms with Crippen LogP contribution >= 0.6 is 0 Å². The van der Waals surface area contributed by atoms with E-state index in [0.717, 1.165) is 59.8 Å². The maximum atomic E-state index is 5.54. The number of hydrogen-bond donors (Lipinski definition) is 1. The van der Waals surface area contributed by atoms with E-state index in [4.69, 9.17) is 14.6 Å². The van der Waals surface area contributed by atoms with Gasteiger partial charge in [-0.2, -0.15) is 10.1 Å². The van der Waals surface area contributed by atoms with E-state index in [2.05, 4.69) is 47.3 Å². The van der Waals surface area contributed by atoms with Crippen molar-refractivity contribution in [1.29, 1.82) is 0 Å². The highest BCUT2D eigenvalue weighted by molar-refractivity contribution is 5.92. The van der Waals surface area contributed by atoms with E-state index >= 15 is 0 Å². The SMILES string of the molecule is Cc1nc2c3ccccc3nn2c(C)c1CCc1nc(C2CNCCN2C)no1. The van der Waals surface area contributed by atoms with Crippen molar-refractivity contribution < 1.29 is 4.52 Å². The second-order valence-electron chi connectivity index (χ2n) is 7.76. The number of likely N-dealkylation sites (N-methyl/N-ethyl adjacent to an activating group) is 1. The van der Waals surface area contributed by atoms with E-state index in [1.807, 2.05) is 22.7 Å². The summed E-state index contributed by atoms with van der Waals surface area (Å²) in [5, 5.41) is 13.4. The quantitative estimate of drug-likeness (QED) is 0.571. The smallest absolute Gasteiger partial charge is 0.227 e. The number of aromatic nitrogens is 5. The molecular weight excluding hydrogens is 366 g/mol. The van der Waals surface area contributed by atoms with E-state index in [0.29, 0.717) is 12.3 Å². The van der Waals surface area contributed by atoms with E-state index < -0.39 is 0 Å². The fraction of sp³-hybridized carbons (Fsp3) is 0.429. The summed E-state index contributed by atoms with van der Waals surface area (Å²) in [5.41, 5.74) is 5.19. The van der Waals surface area contributed by atoms with Crippen molar-refractivity contribution in [3.63, 3.8) is 0 Å². The van der Waals surface area contributed by atoms with Gasteiger partial charge in [-0.3, -0.25) is 4.90 Å². The van der Waals surface area contributed by atoms with Crippen molar-refractivity contribution in [3.05, 3.63) is 52.9 Å². The number of fused-ring (bicyclic) bond motifs is 3. The van der Waals surface area contributed by atoms with Crippen LogP contribution in [0.2, 0.25) is 0 Å². The first kappa shape index (κ1) is 18.2. The predicted molar refractivity (Wildman–Crippen MR) is 110 cm³/mol. The Morgan fingerprint density at radius 1 is 1.17 bits per heavy atom. The van der Waals surface area contributed by atoms with Gasteiger partial charge in [-0.05, 0) is 45.0 Å². The molecule has 8 nitrogen and oxygen atoms in total. The van der Waals surface area contributed by atoms with Crippen LogP contribution in [0.5, 0.6) is 0 Å². The summed E-state index contributed by atoms with van der Waals surface area (Å²) in [5.74, 6) is 1.43. The molecule has 0 aliphatic carbocycles. The van der Waals surface area contributed by atoms with Crippen molar-refractivity contribution in [3.8, 4) is 0 Å². The Kier molecular flexibility index (Phi) is 4.52. The number of nitrogens with zero attached hydrogens (tertiary/aromatic N) is 6. The molecule has 8 heteroatoms. The first-order valence-corrected chi connectivity index (χ1v) is 10.1. The Morgan fingerprint density at radius 3 is 2.90 bits per heavy atom. The zero-order chi connectivity index (χ0) is 20.0. The highest BCUT2D eigenvalue weighted by Crippen LogP contribution is 2.23.